The highest BCUT2D eigenvalue weighted by Gasteiger charge is 2.41. The average Bonchev–Trinajstić information content (AvgIpc) is 2.82. The van der Waals surface area contributed by atoms with Gasteiger partial charge in [-0.2, -0.15) is 4.31 Å². The molecule has 0 bridgehead atoms. The second-order valence-corrected chi connectivity index (χ2v) is 11.5. The summed E-state index contributed by atoms with van der Waals surface area (Å²) in [6.07, 6.45) is 8.38. The van der Waals surface area contributed by atoms with Crippen molar-refractivity contribution in [3.8, 4) is 0 Å². The summed E-state index contributed by atoms with van der Waals surface area (Å²) in [6, 6.07) is -1.90. The van der Waals surface area contributed by atoms with Crippen molar-refractivity contribution in [2.45, 2.75) is 63.5 Å². The highest BCUT2D eigenvalue weighted by Crippen LogP contribution is 2.28. The summed E-state index contributed by atoms with van der Waals surface area (Å²) < 4.78 is 30.9. The normalized spacial score (nSPS) is 24.8. The number of rotatable bonds is 7. The van der Waals surface area contributed by atoms with Crippen LogP contribution in [0, 0.1) is 11.8 Å². The fourth-order valence-corrected chi connectivity index (χ4v) is 6.32. The lowest BCUT2D eigenvalue weighted by Gasteiger charge is -2.41. The number of hydrogen-bond acceptors (Lipinski definition) is 7. The third-order valence-corrected chi connectivity index (χ3v) is 8.44. The van der Waals surface area contributed by atoms with Gasteiger partial charge in [0.2, 0.25) is 21.8 Å². The summed E-state index contributed by atoms with van der Waals surface area (Å²) in [6.45, 7) is 1.83. The van der Waals surface area contributed by atoms with Gasteiger partial charge in [-0.05, 0) is 38.3 Å². The Morgan fingerprint density at radius 1 is 1.06 bits per heavy atom. The molecule has 2 unspecified atom stereocenters. The molecule has 10 nitrogen and oxygen atoms in total. The number of esters is 1. The first-order valence-corrected chi connectivity index (χ1v) is 13.9. The Kier molecular flexibility index (Phi) is 9.11. The largest absolute Gasteiger partial charge is 0.467 e. The Morgan fingerprint density at radius 2 is 1.73 bits per heavy atom. The van der Waals surface area contributed by atoms with Crippen LogP contribution in [-0.4, -0.2) is 93.6 Å². The zero-order valence-corrected chi connectivity index (χ0v) is 20.6. The predicted octanol–water partition coefficient (Wildman–Crippen LogP) is 0.0866. The quantitative estimate of drug-likeness (QED) is 0.489. The number of piperazine rings is 1. The lowest BCUT2D eigenvalue weighted by atomic mass is 9.84. The Balaban J connectivity index is 1.72. The molecule has 3 rings (SSSR count). The molecule has 3 aliphatic rings. The van der Waals surface area contributed by atoms with Crippen molar-refractivity contribution in [1.82, 2.24) is 19.8 Å². The highest BCUT2D eigenvalue weighted by atomic mass is 32.2. The molecule has 0 aromatic carbocycles. The molecule has 1 aliphatic carbocycles. The van der Waals surface area contributed by atoms with E-state index in [1.165, 1.54) is 13.5 Å². The van der Waals surface area contributed by atoms with Gasteiger partial charge in [-0.1, -0.05) is 32.1 Å². The van der Waals surface area contributed by atoms with E-state index in [2.05, 4.69) is 10.6 Å². The van der Waals surface area contributed by atoms with Crippen LogP contribution in [0.25, 0.3) is 0 Å². The number of ether oxygens (including phenoxy) is 1. The van der Waals surface area contributed by atoms with Gasteiger partial charge >= 0.3 is 5.97 Å². The summed E-state index contributed by atoms with van der Waals surface area (Å²) in [5, 5.41) is 5.99. The van der Waals surface area contributed by atoms with Crippen LogP contribution in [0.15, 0.2) is 0 Å². The molecule has 0 aromatic heterocycles. The molecule has 11 heteroatoms. The lowest BCUT2D eigenvalue weighted by molar-refractivity contribution is -0.147. The topological polar surface area (TPSA) is 125 Å². The molecular weight excluding hydrogens is 448 g/mol. The van der Waals surface area contributed by atoms with Gasteiger partial charge in [0.25, 0.3) is 0 Å². The van der Waals surface area contributed by atoms with Crippen LogP contribution in [0.2, 0.25) is 0 Å². The monoisotopic (exact) mass is 486 g/mol. The van der Waals surface area contributed by atoms with Gasteiger partial charge in [0.1, 0.15) is 12.1 Å². The molecule has 2 saturated heterocycles. The summed E-state index contributed by atoms with van der Waals surface area (Å²) in [4.78, 5) is 40.4. The maximum atomic E-state index is 13.3. The van der Waals surface area contributed by atoms with E-state index in [0.29, 0.717) is 12.3 Å². The molecule has 33 heavy (non-hydrogen) atoms. The zero-order chi connectivity index (χ0) is 24.0. The molecule has 2 amide bonds. The van der Waals surface area contributed by atoms with Gasteiger partial charge in [-0.15, -0.1) is 0 Å². The van der Waals surface area contributed by atoms with Gasteiger partial charge < -0.3 is 20.3 Å². The first-order valence-electron chi connectivity index (χ1n) is 12.0. The van der Waals surface area contributed by atoms with E-state index in [0.717, 1.165) is 62.2 Å². The maximum Gasteiger partial charge on any atom is 0.328 e. The molecule has 2 N–H and O–H groups in total. The van der Waals surface area contributed by atoms with Gasteiger partial charge in [0.15, 0.2) is 0 Å². The molecule has 2 aliphatic heterocycles. The van der Waals surface area contributed by atoms with Crippen molar-refractivity contribution in [3.63, 3.8) is 0 Å². The van der Waals surface area contributed by atoms with E-state index in [1.807, 2.05) is 0 Å². The number of amides is 2. The van der Waals surface area contributed by atoms with Gasteiger partial charge in [0, 0.05) is 25.6 Å². The number of hydrogen-bond donors (Lipinski definition) is 2. The van der Waals surface area contributed by atoms with Crippen LogP contribution in [0.1, 0.15) is 51.4 Å². The first-order chi connectivity index (χ1) is 15.7. The minimum atomic E-state index is -3.67. The third-order valence-electron chi connectivity index (χ3n) is 7.16. The van der Waals surface area contributed by atoms with Crippen molar-refractivity contribution < 1.29 is 27.5 Å². The summed E-state index contributed by atoms with van der Waals surface area (Å²) in [7, 11) is -2.39. The van der Waals surface area contributed by atoms with Crippen LogP contribution in [-0.2, 0) is 29.1 Å². The minimum Gasteiger partial charge on any atom is -0.467 e. The number of methoxy groups -OCH3 is 1. The molecule has 0 aromatic rings. The van der Waals surface area contributed by atoms with E-state index >= 15 is 0 Å². The Bertz CT molecular complexity index is 808. The fraction of sp³-hybridized carbons (Fsp3) is 0.864. The van der Waals surface area contributed by atoms with Gasteiger partial charge in [-0.25, -0.2) is 13.2 Å². The van der Waals surface area contributed by atoms with Crippen LogP contribution >= 0.6 is 0 Å². The van der Waals surface area contributed by atoms with Crippen molar-refractivity contribution in [2.24, 2.45) is 11.8 Å². The SMILES string of the molecule is COC(=O)C(CC1CCCCC1)NC(=O)C1CN(C(=O)C2CCNCC2)CCN1S(C)(=O)=O. The molecule has 0 spiro atoms. The molecule has 1 saturated carbocycles. The molecular formula is C22H38N4O6S. The zero-order valence-electron chi connectivity index (χ0n) is 19.8. The molecule has 2 atom stereocenters. The Morgan fingerprint density at radius 3 is 2.33 bits per heavy atom. The lowest BCUT2D eigenvalue weighted by Crippen LogP contribution is -2.63. The van der Waals surface area contributed by atoms with Crippen LogP contribution in [0.5, 0.6) is 0 Å². The van der Waals surface area contributed by atoms with Crippen molar-refractivity contribution in [1.29, 1.82) is 0 Å². The van der Waals surface area contributed by atoms with Crippen LogP contribution in [0.3, 0.4) is 0 Å². The maximum absolute atomic E-state index is 13.3. The van der Waals surface area contributed by atoms with Crippen LogP contribution in [0.4, 0.5) is 0 Å². The minimum absolute atomic E-state index is 0.0149. The van der Waals surface area contributed by atoms with E-state index in [-0.39, 0.29) is 31.5 Å². The second-order valence-electron chi connectivity index (χ2n) is 9.52. The number of nitrogens with zero attached hydrogens (tertiary/aromatic N) is 2. The molecule has 2 heterocycles. The van der Waals surface area contributed by atoms with E-state index in [4.69, 9.17) is 4.74 Å². The summed E-state index contributed by atoms with van der Waals surface area (Å²) in [5.74, 6) is -0.922. The number of nitrogens with one attached hydrogen (secondary N) is 2. The van der Waals surface area contributed by atoms with E-state index in [1.54, 1.807) is 4.90 Å². The Hall–Kier alpha value is -1.72. The van der Waals surface area contributed by atoms with Crippen molar-refractivity contribution >= 4 is 27.8 Å². The van der Waals surface area contributed by atoms with Crippen molar-refractivity contribution in [2.75, 3.05) is 46.1 Å². The molecule has 3 fully saturated rings. The molecule has 0 radical (unpaired) electrons. The predicted molar refractivity (Wildman–Crippen MR) is 123 cm³/mol. The highest BCUT2D eigenvalue weighted by molar-refractivity contribution is 7.88. The third kappa shape index (κ3) is 6.89. The fourth-order valence-electron chi connectivity index (χ4n) is 5.28. The number of sulfonamides is 1. The number of carbonyl (C=O) groups excluding carboxylic acids is 3. The first kappa shape index (κ1) is 25.9. The standard InChI is InChI=1S/C22H38N4O6S/c1-32-22(29)18(14-16-6-4-3-5-7-16)24-20(27)19-15-25(12-13-26(19)33(2,30)31)21(28)17-8-10-23-11-9-17/h16-19,23H,3-15H2,1-2H3,(H,24,27). The van der Waals surface area contributed by atoms with E-state index in [9.17, 15) is 22.8 Å². The van der Waals surface area contributed by atoms with Crippen molar-refractivity contribution in [3.05, 3.63) is 0 Å². The number of carbonyl (C=O) groups is 3. The van der Waals surface area contributed by atoms with Gasteiger partial charge in [0.05, 0.1) is 13.4 Å². The van der Waals surface area contributed by atoms with E-state index < -0.39 is 34.0 Å². The number of piperidine rings is 1. The van der Waals surface area contributed by atoms with Gasteiger partial charge in [-0.3, -0.25) is 9.59 Å². The average molecular weight is 487 g/mol. The smallest absolute Gasteiger partial charge is 0.328 e. The second kappa shape index (κ2) is 11.6. The summed E-state index contributed by atoms with van der Waals surface area (Å²) >= 11 is 0. The van der Waals surface area contributed by atoms with Crippen LogP contribution < -0.4 is 10.6 Å². The Labute approximate surface area is 196 Å². The summed E-state index contributed by atoms with van der Waals surface area (Å²) in [5.41, 5.74) is 0. The molecule has 188 valence electrons.